The third kappa shape index (κ3) is 5.75. The van der Waals surface area contributed by atoms with E-state index in [-0.39, 0.29) is 18.3 Å². The minimum Gasteiger partial charge on any atom is -0.504 e. The number of carbonyl (C=O) groups excluding carboxylic acids is 1. The zero-order valence-corrected chi connectivity index (χ0v) is 21.2. The van der Waals surface area contributed by atoms with Gasteiger partial charge in [0.15, 0.2) is 23.7 Å². The van der Waals surface area contributed by atoms with Crippen molar-refractivity contribution in [1.82, 2.24) is 0 Å². The third-order valence-electron chi connectivity index (χ3n) is 7.14. The van der Waals surface area contributed by atoms with Gasteiger partial charge in [0.2, 0.25) is 6.29 Å². The molecule has 3 rings (SSSR count). The van der Waals surface area contributed by atoms with E-state index in [0.717, 1.165) is 31.2 Å². The number of esters is 1. The highest BCUT2D eigenvalue weighted by atomic mass is 16.7. The number of benzene rings is 1. The Bertz CT molecular complexity index is 905. The van der Waals surface area contributed by atoms with E-state index in [1.54, 1.807) is 0 Å². The highest BCUT2D eigenvalue weighted by molar-refractivity contribution is 5.66. The predicted molar refractivity (Wildman–Crippen MR) is 129 cm³/mol. The van der Waals surface area contributed by atoms with Gasteiger partial charge >= 0.3 is 5.97 Å². The summed E-state index contributed by atoms with van der Waals surface area (Å²) in [6.07, 6.45) is 1.49. The number of aliphatic hydroxyl groups excluding tert-OH is 2. The molecule has 0 amide bonds. The Labute approximate surface area is 202 Å². The number of phenols is 1. The zero-order chi connectivity index (χ0) is 25.2. The summed E-state index contributed by atoms with van der Waals surface area (Å²) in [6, 6.07) is 2.07. The second-order valence-electron chi connectivity index (χ2n) is 10.2. The smallest absolute Gasteiger partial charge is 0.303 e. The van der Waals surface area contributed by atoms with E-state index in [9.17, 15) is 20.1 Å². The van der Waals surface area contributed by atoms with Gasteiger partial charge in [-0.05, 0) is 75.3 Å². The van der Waals surface area contributed by atoms with Crippen LogP contribution in [0.3, 0.4) is 0 Å². The standard InChI is InChI=1S/C27H40O7/c1-14(2)8-7-9-15(3)19-11-10-16(4)22-20(19)12-17(5)23(30)26(22)34-27-24(31)25(33-18(6)28)21(29)13-32-27/h8,12,15-16,19,21,24-25,27,29-31H,7,9-11,13H2,1-6H3/t15-,16-,19+,21?,24?,25?,27?/m0/s1. The molecule has 2 aliphatic rings. The average Bonchev–Trinajstić information content (AvgIpc) is 2.75. The fraction of sp³-hybridized carbons (Fsp3) is 0.667. The van der Waals surface area contributed by atoms with Crippen molar-refractivity contribution in [3.8, 4) is 11.5 Å². The van der Waals surface area contributed by atoms with Crippen molar-refractivity contribution in [2.45, 2.75) is 104 Å². The van der Waals surface area contributed by atoms with Crippen LogP contribution in [0.5, 0.6) is 11.5 Å². The fourth-order valence-electron chi connectivity index (χ4n) is 5.24. The van der Waals surface area contributed by atoms with Crippen LogP contribution < -0.4 is 4.74 Å². The second kappa shape index (κ2) is 11.1. The van der Waals surface area contributed by atoms with Crippen LogP contribution in [0, 0.1) is 12.8 Å². The average molecular weight is 477 g/mol. The van der Waals surface area contributed by atoms with Crippen LogP contribution in [0.1, 0.15) is 88.8 Å². The van der Waals surface area contributed by atoms with Gasteiger partial charge < -0.3 is 29.5 Å². The molecule has 0 bridgehead atoms. The molecule has 34 heavy (non-hydrogen) atoms. The molecule has 0 radical (unpaired) electrons. The van der Waals surface area contributed by atoms with Gasteiger partial charge in [0.25, 0.3) is 0 Å². The Balaban J connectivity index is 1.92. The summed E-state index contributed by atoms with van der Waals surface area (Å²) in [5.41, 5.74) is 4.14. The van der Waals surface area contributed by atoms with E-state index < -0.39 is 30.6 Å². The third-order valence-corrected chi connectivity index (χ3v) is 7.14. The lowest BCUT2D eigenvalue weighted by Crippen LogP contribution is -2.56. The number of fused-ring (bicyclic) bond motifs is 1. The molecule has 4 unspecified atom stereocenters. The van der Waals surface area contributed by atoms with E-state index in [1.165, 1.54) is 18.1 Å². The van der Waals surface area contributed by atoms with Crippen LogP contribution >= 0.6 is 0 Å². The van der Waals surface area contributed by atoms with E-state index in [0.29, 0.717) is 23.1 Å². The molecule has 1 aliphatic carbocycles. The SMILES string of the molecule is CC(=O)OC1C(O)COC(Oc2c(O)c(C)cc3c2[C@@H](C)CC[C@@H]3[C@@H](C)CCC=C(C)C)C1O. The first-order valence-corrected chi connectivity index (χ1v) is 12.3. The molecular formula is C27H40O7. The number of carbonyl (C=O) groups is 1. The molecule has 7 heteroatoms. The number of hydrogen-bond donors (Lipinski definition) is 3. The maximum atomic E-state index is 11.4. The highest BCUT2D eigenvalue weighted by Crippen LogP contribution is 2.51. The number of aliphatic hydroxyl groups is 2. The molecule has 0 spiro atoms. The summed E-state index contributed by atoms with van der Waals surface area (Å²) in [4.78, 5) is 11.4. The fourth-order valence-corrected chi connectivity index (χ4v) is 5.24. The van der Waals surface area contributed by atoms with Crippen molar-refractivity contribution in [3.63, 3.8) is 0 Å². The molecular weight excluding hydrogens is 436 g/mol. The van der Waals surface area contributed by atoms with Gasteiger partial charge in [-0.2, -0.15) is 0 Å². The van der Waals surface area contributed by atoms with Crippen LogP contribution in [-0.2, 0) is 14.3 Å². The Kier molecular flexibility index (Phi) is 8.66. The van der Waals surface area contributed by atoms with Crippen molar-refractivity contribution in [3.05, 3.63) is 34.4 Å². The number of ether oxygens (including phenoxy) is 3. The van der Waals surface area contributed by atoms with Crippen LogP contribution in [-0.4, -0.2) is 52.5 Å². The van der Waals surface area contributed by atoms with Crippen LogP contribution in [0.2, 0.25) is 0 Å². The molecule has 0 saturated carbocycles. The number of phenolic OH excluding ortho intramolecular Hbond substituents is 1. The Morgan fingerprint density at radius 2 is 1.97 bits per heavy atom. The second-order valence-corrected chi connectivity index (χ2v) is 10.2. The highest BCUT2D eigenvalue weighted by Gasteiger charge is 2.44. The summed E-state index contributed by atoms with van der Waals surface area (Å²) in [5.74, 6) is 0.677. The number of allylic oxidation sites excluding steroid dienone is 2. The van der Waals surface area contributed by atoms with E-state index >= 15 is 0 Å². The molecule has 1 aromatic rings. The Hall–Kier alpha value is -2.09. The maximum Gasteiger partial charge on any atom is 0.303 e. The van der Waals surface area contributed by atoms with Gasteiger partial charge in [-0.25, -0.2) is 0 Å². The first kappa shape index (κ1) is 26.5. The monoisotopic (exact) mass is 476 g/mol. The van der Waals surface area contributed by atoms with Crippen LogP contribution in [0.15, 0.2) is 17.7 Å². The molecule has 1 aliphatic heterocycles. The van der Waals surface area contributed by atoms with Gasteiger partial charge in [-0.1, -0.05) is 31.6 Å². The van der Waals surface area contributed by atoms with Crippen molar-refractivity contribution in [1.29, 1.82) is 0 Å². The molecule has 7 atom stereocenters. The molecule has 190 valence electrons. The first-order valence-electron chi connectivity index (χ1n) is 12.3. The summed E-state index contributed by atoms with van der Waals surface area (Å²) in [7, 11) is 0. The quantitative estimate of drug-likeness (QED) is 0.394. The number of rotatable bonds is 7. The molecule has 1 fully saturated rings. The Morgan fingerprint density at radius 3 is 2.62 bits per heavy atom. The topological polar surface area (TPSA) is 105 Å². The zero-order valence-electron chi connectivity index (χ0n) is 21.2. The largest absolute Gasteiger partial charge is 0.504 e. The number of hydrogen-bond acceptors (Lipinski definition) is 7. The summed E-state index contributed by atoms with van der Waals surface area (Å²) < 4.78 is 16.8. The van der Waals surface area contributed by atoms with Crippen LogP contribution in [0.25, 0.3) is 0 Å². The van der Waals surface area contributed by atoms with Crippen molar-refractivity contribution in [2.24, 2.45) is 5.92 Å². The number of aryl methyl sites for hydroxylation is 1. The number of aromatic hydroxyl groups is 1. The van der Waals surface area contributed by atoms with E-state index in [2.05, 4.69) is 39.8 Å². The van der Waals surface area contributed by atoms with E-state index in [4.69, 9.17) is 14.2 Å². The summed E-state index contributed by atoms with van der Waals surface area (Å²) in [5, 5.41) is 31.9. The van der Waals surface area contributed by atoms with Crippen LogP contribution in [0.4, 0.5) is 0 Å². The summed E-state index contributed by atoms with van der Waals surface area (Å²) in [6.45, 7) is 11.5. The van der Waals surface area contributed by atoms with Gasteiger partial charge in [0.1, 0.15) is 6.10 Å². The normalized spacial score (nSPS) is 29.6. The van der Waals surface area contributed by atoms with E-state index in [1.807, 2.05) is 6.92 Å². The van der Waals surface area contributed by atoms with Gasteiger partial charge in [-0.15, -0.1) is 0 Å². The molecule has 3 N–H and O–H groups in total. The van der Waals surface area contributed by atoms with Gasteiger partial charge in [0, 0.05) is 12.5 Å². The first-order chi connectivity index (χ1) is 16.0. The minimum atomic E-state index is -1.40. The minimum absolute atomic E-state index is 0.0226. The molecule has 7 nitrogen and oxygen atoms in total. The molecule has 1 saturated heterocycles. The lowest BCUT2D eigenvalue weighted by Gasteiger charge is -2.39. The maximum absolute atomic E-state index is 11.4. The molecule has 1 heterocycles. The molecule has 1 aromatic carbocycles. The van der Waals surface area contributed by atoms with Crippen molar-refractivity contribution >= 4 is 5.97 Å². The molecule has 0 aromatic heterocycles. The van der Waals surface area contributed by atoms with Gasteiger partial charge in [-0.3, -0.25) is 4.79 Å². The summed E-state index contributed by atoms with van der Waals surface area (Å²) >= 11 is 0. The van der Waals surface area contributed by atoms with Crippen molar-refractivity contribution in [2.75, 3.05) is 6.61 Å². The lowest BCUT2D eigenvalue weighted by molar-refractivity contribution is -0.249. The van der Waals surface area contributed by atoms with Gasteiger partial charge in [0.05, 0.1) is 6.61 Å². The lowest BCUT2D eigenvalue weighted by atomic mass is 9.70. The predicted octanol–water partition coefficient (Wildman–Crippen LogP) is 4.45. The Morgan fingerprint density at radius 1 is 1.26 bits per heavy atom. The van der Waals surface area contributed by atoms with Crippen molar-refractivity contribution < 1.29 is 34.3 Å².